The zero-order valence-corrected chi connectivity index (χ0v) is 14.9. The van der Waals surface area contributed by atoms with Crippen molar-refractivity contribution >= 4 is 21.7 Å². The lowest BCUT2D eigenvalue weighted by molar-refractivity contribution is -0.129. The molecule has 1 saturated heterocycles. The molecule has 2 aliphatic rings. The second-order valence-corrected chi connectivity index (χ2v) is 8.45. The van der Waals surface area contributed by atoms with Crippen LogP contribution >= 0.6 is 0 Å². The summed E-state index contributed by atoms with van der Waals surface area (Å²) < 4.78 is 31.4. The molecule has 1 amide bonds. The molecule has 1 aromatic carbocycles. The Hall–Kier alpha value is -1.93. The van der Waals surface area contributed by atoms with Crippen LogP contribution in [0, 0.1) is 5.92 Å². The van der Waals surface area contributed by atoms with Gasteiger partial charge >= 0.3 is 0 Å². The molecular weight excluding hydrogens is 344 g/mol. The molecule has 8 heteroatoms. The van der Waals surface area contributed by atoms with E-state index in [1.165, 1.54) is 23.5 Å². The van der Waals surface area contributed by atoms with Crippen LogP contribution in [0.15, 0.2) is 29.2 Å². The van der Waals surface area contributed by atoms with E-state index >= 15 is 0 Å². The Morgan fingerprint density at radius 2 is 1.76 bits per heavy atom. The summed E-state index contributed by atoms with van der Waals surface area (Å²) in [6.45, 7) is 0.539. The first kappa shape index (κ1) is 17.9. The molecule has 25 heavy (non-hydrogen) atoms. The van der Waals surface area contributed by atoms with E-state index in [9.17, 15) is 18.0 Å². The summed E-state index contributed by atoms with van der Waals surface area (Å²) in [4.78, 5) is 23.6. The van der Waals surface area contributed by atoms with E-state index in [0.717, 1.165) is 0 Å². The smallest absolute Gasteiger partial charge is 0.243 e. The Kier molecular flexibility index (Phi) is 5.10. The minimum atomic E-state index is -3.55. The summed E-state index contributed by atoms with van der Waals surface area (Å²) in [6, 6.07) is 6.07. The fourth-order valence-electron chi connectivity index (χ4n) is 3.14. The van der Waals surface area contributed by atoms with Crippen LogP contribution in [0.4, 0.5) is 0 Å². The van der Waals surface area contributed by atoms with Crippen molar-refractivity contribution in [1.29, 1.82) is 0 Å². The van der Waals surface area contributed by atoms with Crippen molar-refractivity contribution in [2.75, 3.05) is 20.2 Å². The zero-order chi connectivity index (χ0) is 18.0. The van der Waals surface area contributed by atoms with Gasteiger partial charge in [-0.3, -0.25) is 9.59 Å². The zero-order valence-electron chi connectivity index (χ0n) is 14.1. The maximum atomic E-state index is 12.5. The van der Waals surface area contributed by atoms with E-state index in [1.54, 1.807) is 12.1 Å². The summed E-state index contributed by atoms with van der Waals surface area (Å²) in [5.41, 5.74) is 0. The SMILES string of the molecule is COc1ccc(S(=O)(=O)N2CC(NC(=O)C3CCC(=O)CC3)C2)cc1. The van der Waals surface area contributed by atoms with Gasteiger partial charge in [-0.15, -0.1) is 0 Å². The van der Waals surface area contributed by atoms with E-state index < -0.39 is 10.0 Å². The Balaban J connectivity index is 1.52. The molecule has 0 spiro atoms. The number of nitrogens with one attached hydrogen (secondary N) is 1. The molecule has 1 saturated carbocycles. The summed E-state index contributed by atoms with van der Waals surface area (Å²) in [6.07, 6.45) is 2.10. The summed E-state index contributed by atoms with van der Waals surface area (Å²) >= 11 is 0. The highest BCUT2D eigenvalue weighted by molar-refractivity contribution is 7.89. The molecule has 1 N–H and O–H groups in total. The highest BCUT2D eigenvalue weighted by Gasteiger charge is 2.38. The Bertz CT molecular complexity index is 744. The highest BCUT2D eigenvalue weighted by atomic mass is 32.2. The number of carbonyl (C=O) groups excluding carboxylic acids is 2. The first-order valence-electron chi connectivity index (χ1n) is 8.36. The molecule has 0 radical (unpaired) electrons. The number of sulfonamides is 1. The van der Waals surface area contributed by atoms with Gasteiger partial charge in [-0.1, -0.05) is 0 Å². The predicted octanol–water partition coefficient (Wildman–Crippen LogP) is 0.944. The van der Waals surface area contributed by atoms with Crippen LogP contribution in [-0.2, 0) is 19.6 Å². The number of ketones is 1. The first-order chi connectivity index (χ1) is 11.9. The summed E-state index contributed by atoms with van der Waals surface area (Å²) in [5, 5.41) is 2.90. The molecule has 0 atom stereocenters. The quantitative estimate of drug-likeness (QED) is 0.837. The van der Waals surface area contributed by atoms with Crippen molar-refractivity contribution in [2.24, 2.45) is 5.92 Å². The standard InChI is InChI=1S/C17H22N2O5S/c1-24-15-6-8-16(9-7-15)25(22,23)19-10-13(11-19)18-17(21)12-2-4-14(20)5-3-12/h6-9,12-13H,2-5,10-11H2,1H3,(H,18,21). The van der Waals surface area contributed by atoms with Crippen LogP contribution in [0.3, 0.4) is 0 Å². The fraction of sp³-hybridized carbons (Fsp3) is 0.529. The van der Waals surface area contributed by atoms with Crippen molar-refractivity contribution in [3.8, 4) is 5.75 Å². The number of methoxy groups -OCH3 is 1. The van der Waals surface area contributed by atoms with E-state index in [2.05, 4.69) is 5.32 Å². The normalized spacial score (nSPS) is 20.1. The molecule has 2 fully saturated rings. The molecule has 1 heterocycles. The molecule has 1 aliphatic carbocycles. The number of hydrogen-bond acceptors (Lipinski definition) is 5. The van der Waals surface area contributed by atoms with Crippen molar-refractivity contribution in [2.45, 2.75) is 36.6 Å². The lowest BCUT2D eigenvalue weighted by Crippen LogP contribution is -2.61. The first-order valence-corrected chi connectivity index (χ1v) is 9.80. The third-order valence-corrected chi connectivity index (χ3v) is 6.65. The minimum Gasteiger partial charge on any atom is -0.497 e. The Morgan fingerprint density at radius 3 is 2.32 bits per heavy atom. The van der Waals surface area contributed by atoms with Crippen molar-refractivity contribution in [1.82, 2.24) is 9.62 Å². The van der Waals surface area contributed by atoms with E-state index in [4.69, 9.17) is 4.74 Å². The summed E-state index contributed by atoms with van der Waals surface area (Å²) in [5.74, 6) is 0.604. The van der Waals surface area contributed by atoms with Gasteiger partial charge in [0, 0.05) is 31.8 Å². The summed E-state index contributed by atoms with van der Waals surface area (Å²) in [7, 11) is -2.02. The van der Waals surface area contributed by atoms with Gasteiger partial charge in [-0.2, -0.15) is 4.31 Å². The molecule has 1 aliphatic heterocycles. The maximum absolute atomic E-state index is 12.5. The number of carbonyl (C=O) groups is 2. The molecule has 0 bridgehead atoms. The second-order valence-electron chi connectivity index (χ2n) is 6.52. The van der Waals surface area contributed by atoms with Gasteiger partial charge in [0.05, 0.1) is 18.0 Å². The molecule has 3 rings (SSSR count). The van der Waals surface area contributed by atoms with Gasteiger partial charge in [-0.25, -0.2) is 8.42 Å². The Labute approximate surface area is 147 Å². The van der Waals surface area contributed by atoms with Crippen molar-refractivity contribution in [3.63, 3.8) is 0 Å². The van der Waals surface area contributed by atoms with Gasteiger partial charge in [0.2, 0.25) is 15.9 Å². The fourth-order valence-corrected chi connectivity index (χ4v) is 4.67. The molecule has 136 valence electrons. The number of ether oxygens (including phenoxy) is 1. The van der Waals surface area contributed by atoms with Gasteiger partial charge < -0.3 is 10.1 Å². The van der Waals surface area contributed by atoms with Crippen LogP contribution in [-0.4, -0.2) is 50.7 Å². The van der Waals surface area contributed by atoms with E-state index in [1.807, 2.05) is 0 Å². The monoisotopic (exact) mass is 366 g/mol. The molecule has 1 aromatic rings. The number of benzene rings is 1. The van der Waals surface area contributed by atoms with Gasteiger partial charge in [-0.05, 0) is 37.1 Å². The van der Waals surface area contributed by atoms with E-state index in [-0.39, 0.29) is 41.6 Å². The maximum Gasteiger partial charge on any atom is 0.243 e. The highest BCUT2D eigenvalue weighted by Crippen LogP contribution is 2.25. The minimum absolute atomic E-state index is 0.0704. The van der Waals surface area contributed by atoms with E-state index in [0.29, 0.717) is 31.4 Å². The molecule has 7 nitrogen and oxygen atoms in total. The lowest BCUT2D eigenvalue weighted by Gasteiger charge is -2.39. The van der Waals surface area contributed by atoms with Crippen LogP contribution in [0.2, 0.25) is 0 Å². The second kappa shape index (κ2) is 7.13. The van der Waals surface area contributed by atoms with Crippen LogP contribution < -0.4 is 10.1 Å². The number of rotatable bonds is 5. The number of hydrogen-bond donors (Lipinski definition) is 1. The number of amides is 1. The number of Topliss-reactive ketones (excluding diaryl/α,β-unsaturated/α-hetero) is 1. The third kappa shape index (κ3) is 3.85. The van der Waals surface area contributed by atoms with Crippen molar-refractivity contribution in [3.05, 3.63) is 24.3 Å². The average Bonchev–Trinajstić information content (AvgIpc) is 2.58. The third-order valence-electron chi connectivity index (χ3n) is 4.81. The van der Waals surface area contributed by atoms with Gasteiger partial charge in [0.15, 0.2) is 0 Å². The van der Waals surface area contributed by atoms with Crippen molar-refractivity contribution < 1.29 is 22.7 Å². The molecule has 0 aromatic heterocycles. The molecule has 0 unspecified atom stereocenters. The van der Waals surface area contributed by atoms with Gasteiger partial charge in [0.1, 0.15) is 11.5 Å². The number of nitrogens with zero attached hydrogens (tertiary/aromatic N) is 1. The Morgan fingerprint density at radius 1 is 1.16 bits per heavy atom. The predicted molar refractivity (Wildman–Crippen MR) is 90.6 cm³/mol. The van der Waals surface area contributed by atoms with Crippen LogP contribution in [0.25, 0.3) is 0 Å². The lowest BCUT2D eigenvalue weighted by atomic mass is 9.87. The van der Waals surface area contributed by atoms with Crippen LogP contribution in [0.1, 0.15) is 25.7 Å². The van der Waals surface area contributed by atoms with Crippen LogP contribution in [0.5, 0.6) is 5.75 Å². The largest absolute Gasteiger partial charge is 0.497 e. The average molecular weight is 366 g/mol. The molecular formula is C17H22N2O5S. The topological polar surface area (TPSA) is 92.8 Å². The van der Waals surface area contributed by atoms with Gasteiger partial charge in [0.25, 0.3) is 0 Å².